The highest BCUT2D eigenvalue weighted by molar-refractivity contribution is 7.20. The van der Waals surface area contributed by atoms with Crippen molar-refractivity contribution < 1.29 is 13.9 Å². The highest BCUT2D eigenvalue weighted by Crippen LogP contribution is 2.51. The van der Waals surface area contributed by atoms with Crippen LogP contribution in [0.5, 0.6) is 11.5 Å². The van der Waals surface area contributed by atoms with Crippen LogP contribution in [0.4, 0.5) is 0 Å². The molecule has 0 saturated carbocycles. The molecule has 0 bridgehead atoms. The van der Waals surface area contributed by atoms with Crippen LogP contribution in [0.3, 0.4) is 0 Å². The van der Waals surface area contributed by atoms with Crippen LogP contribution in [0.2, 0.25) is 4.34 Å². The zero-order valence-corrected chi connectivity index (χ0v) is 9.10. The van der Waals surface area contributed by atoms with Crippen LogP contribution in [-0.4, -0.2) is 18.2 Å². The van der Waals surface area contributed by atoms with Gasteiger partial charge in [0.1, 0.15) is 34.4 Å². The van der Waals surface area contributed by atoms with Gasteiger partial charge in [-0.2, -0.15) is 0 Å². The first-order valence-electron chi connectivity index (χ1n) is 4.32. The number of aromatic nitrogens is 1. The summed E-state index contributed by atoms with van der Waals surface area (Å²) in [6, 6.07) is 0. The fourth-order valence-electron chi connectivity index (χ4n) is 1.41. The van der Waals surface area contributed by atoms with Gasteiger partial charge in [0.2, 0.25) is 0 Å². The van der Waals surface area contributed by atoms with E-state index in [0.29, 0.717) is 34.7 Å². The molecule has 0 unspecified atom stereocenters. The van der Waals surface area contributed by atoms with Crippen molar-refractivity contribution in [1.82, 2.24) is 4.98 Å². The summed E-state index contributed by atoms with van der Waals surface area (Å²) in [4.78, 5) is 4.91. The van der Waals surface area contributed by atoms with Crippen LogP contribution in [-0.2, 0) is 0 Å². The van der Waals surface area contributed by atoms with E-state index in [4.69, 9.17) is 25.5 Å². The average Bonchev–Trinajstić information content (AvgIpc) is 2.87. The van der Waals surface area contributed by atoms with Crippen molar-refractivity contribution in [2.45, 2.75) is 0 Å². The van der Waals surface area contributed by atoms with E-state index in [1.165, 1.54) is 17.7 Å². The molecule has 0 radical (unpaired) electrons. The van der Waals surface area contributed by atoms with Crippen molar-refractivity contribution >= 4 is 22.9 Å². The van der Waals surface area contributed by atoms with Gasteiger partial charge in [-0.25, -0.2) is 4.98 Å². The molecular weight excluding hydrogens is 238 g/mol. The van der Waals surface area contributed by atoms with Crippen molar-refractivity contribution in [3.63, 3.8) is 0 Å². The zero-order chi connectivity index (χ0) is 10.3. The Morgan fingerprint density at radius 3 is 2.80 bits per heavy atom. The maximum Gasteiger partial charge on any atom is 0.191 e. The molecule has 1 aliphatic heterocycles. The molecule has 0 fully saturated rings. The zero-order valence-electron chi connectivity index (χ0n) is 7.53. The van der Waals surface area contributed by atoms with Crippen LogP contribution in [0, 0.1) is 0 Å². The van der Waals surface area contributed by atoms with Gasteiger partial charge in [0.05, 0.1) is 0 Å². The largest absolute Gasteiger partial charge is 0.484 e. The quantitative estimate of drug-likeness (QED) is 0.773. The average molecular weight is 244 g/mol. The minimum Gasteiger partial charge on any atom is -0.484 e. The summed E-state index contributed by atoms with van der Waals surface area (Å²) in [7, 11) is 0. The number of hydrogen-bond donors (Lipinski definition) is 0. The van der Waals surface area contributed by atoms with Gasteiger partial charge in [-0.1, -0.05) is 11.6 Å². The van der Waals surface area contributed by atoms with Crippen molar-refractivity contribution in [3.8, 4) is 22.1 Å². The van der Waals surface area contributed by atoms with Crippen molar-refractivity contribution in [2.75, 3.05) is 13.2 Å². The molecular formula is C9H6ClNO3S. The number of fused-ring (bicyclic) bond motifs is 1. The van der Waals surface area contributed by atoms with Gasteiger partial charge in [-0.15, -0.1) is 11.3 Å². The number of oxazole rings is 1. The van der Waals surface area contributed by atoms with Gasteiger partial charge in [0.25, 0.3) is 0 Å². The lowest BCUT2D eigenvalue weighted by molar-refractivity contribution is 0.174. The molecule has 1 aliphatic rings. The highest BCUT2D eigenvalue weighted by atomic mass is 35.5. The van der Waals surface area contributed by atoms with E-state index in [-0.39, 0.29) is 0 Å². The molecule has 15 heavy (non-hydrogen) atoms. The summed E-state index contributed by atoms with van der Waals surface area (Å²) in [5.41, 5.74) is 0.716. The Balaban J connectivity index is 2.16. The summed E-state index contributed by atoms with van der Waals surface area (Å²) in [6.07, 6.45) is 2.93. The third-order valence-electron chi connectivity index (χ3n) is 2.02. The second-order valence-corrected chi connectivity index (χ2v) is 4.56. The Morgan fingerprint density at radius 2 is 2.07 bits per heavy atom. The predicted molar refractivity (Wildman–Crippen MR) is 55.8 cm³/mol. The monoisotopic (exact) mass is 243 g/mol. The first-order chi connectivity index (χ1) is 7.36. The number of ether oxygens (including phenoxy) is 2. The van der Waals surface area contributed by atoms with E-state index in [9.17, 15) is 0 Å². The molecule has 6 heteroatoms. The first kappa shape index (κ1) is 9.06. The van der Waals surface area contributed by atoms with Gasteiger partial charge in [-0.05, 0) is 0 Å². The standard InChI is InChI=1S/C9H6ClNO3S/c10-9-7-6(13-1-2-14-7)8(15-9)5-3-12-4-11-5/h3-4H,1-2H2. The Morgan fingerprint density at radius 1 is 1.27 bits per heavy atom. The van der Waals surface area contributed by atoms with Gasteiger partial charge in [0, 0.05) is 0 Å². The van der Waals surface area contributed by atoms with Crippen molar-refractivity contribution in [1.29, 1.82) is 0 Å². The molecule has 0 N–H and O–H groups in total. The van der Waals surface area contributed by atoms with E-state index in [2.05, 4.69) is 4.98 Å². The van der Waals surface area contributed by atoms with Crippen LogP contribution < -0.4 is 9.47 Å². The SMILES string of the molecule is Clc1sc(-c2cocn2)c2c1OCCO2. The Hall–Kier alpha value is -1.20. The molecule has 2 aromatic rings. The van der Waals surface area contributed by atoms with Gasteiger partial charge in [-0.3, -0.25) is 0 Å². The van der Waals surface area contributed by atoms with Crippen LogP contribution in [0.25, 0.3) is 10.6 Å². The number of nitrogens with zero attached hydrogens (tertiary/aromatic N) is 1. The molecule has 0 aromatic carbocycles. The van der Waals surface area contributed by atoms with Gasteiger partial charge < -0.3 is 13.9 Å². The van der Waals surface area contributed by atoms with E-state index in [1.807, 2.05) is 0 Å². The molecule has 3 heterocycles. The maximum absolute atomic E-state index is 6.03. The molecule has 0 saturated heterocycles. The minimum absolute atomic E-state index is 0.529. The fourth-order valence-corrected chi connectivity index (χ4v) is 2.65. The van der Waals surface area contributed by atoms with Gasteiger partial charge in [0.15, 0.2) is 17.9 Å². The summed E-state index contributed by atoms with van der Waals surface area (Å²) in [5.74, 6) is 1.29. The topological polar surface area (TPSA) is 44.5 Å². The second-order valence-electron chi connectivity index (χ2n) is 2.93. The normalized spacial score (nSPS) is 14.2. The molecule has 0 spiro atoms. The van der Waals surface area contributed by atoms with Crippen molar-refractivity contribution in [3.05, 3.63) is 17.0 Å². The van der Waals surface area contributed by atoms with E-state index >= 15 is 0 Å². The number of rotatable bonds is 1. The van der Waals surface area contributed by atoms with E-state index in [1.54, 1.807) is 6.26 Å². The lowest BCUT2D eigenvalue weighted by Crippen LogP contribution is -2.14. The summed E-state index contributed by atoms with van der Waals surface area (Å²) in [6.45, 7) is 1.06. The summed E-state index contributed by atoms with van der Waals surface area (Å²) >= 11 is 7.42. The highest BCUT2D eigenvalue weighted by Gasteiger charge is 2.25. The number of thiophene rings is 1. The maximum atomic E-state index is 6.03. The Kier molecular flexibility index (Phi) is 2.07. The van der Waals surface area contributed by atoms with Crippen LogP contribution >= 0.6 is 22.9 Å². The molecule has 3 rings (SSSR count). The molecule has 0 atom stereocenters. The first-order valence-corrected chi connectivity index (χ1v) is 5.52. The second kappa shape index (κ2) is 3.43. The Bertz CT molecular complexity index is 480. The minimum atomic E-state index is 0.529. The lowest BCUT2D eigenvalue weighted by Gasteiger charge is -2.15. The Labute approximate surface area is 94.4 Å². The van der Waals surface area contributed by atoms with E-state index < -0.39 is 0 Å². The smallest absolute Gasteiger partial charge is 0.191 e. The number of hydrogen-bond acceptors (Lipinski definition) is 5. The van der Waals surface area contributed by atoms with Crippen LogP contribution in [0.15, 0.2) is 17.1 Å². The van der Waals surface area contributed by atoms with Crippen LogP contribution in [0.1, 0.15) is 0 Å². The molecule has 2 aromatic heterocycles. The predicted octanol–water partition coefficient (Wildman–Crippen LogP) is 2.83. The lowest BCUT2D eigenvalue weighted by atomic mass is 10.3. The fraction of sp³-hybridized carbons (Fsp3) is 0.222. The molecule has 4 nitrogen and oxygen atoms in total. The summed E-state index contributed by atoms with van der Waals surface area (Å²) < 4.78 is 16.5. The number of halogens is 1. The third kappa shape index (κ3) is 1.39. The van der Waals surface area contributed by atoms with Crippen molar-refractivity contribution in [2.24, 2.45) is 0 Å². The van der Waals surface area contributed by atoms with E-state index in [0.717, 1.165) is 4.88 Å². The third-order valence-corrected chi connectivity index (χ3v) is 3.39. The summed E-state index contributed by atoms with van der Waals surface area (Å²) in [5, 5.41) is 0. The van der Waals surface area contributed by atoms with Gasteiger partial charge >= 0.3 is 0 Å². The molecule has 0 aliphatic carbocycles. The molecule has 0 amide bonds. The molecule has 78 valence electrons.